The molecule has 0 aliphatic heterocycles. The Hall–Kier alpha value is -2.36. The molecule has 0 atom stereocenters. The maximum atomic E-state index is 14.9. The van der Waals surface area contributed by atoms with Crippen LogP contribution in [0.3, 0.4) is 0 Å². The van der Waals surface area contributed by atoms with Crippen molar-refractivity contribution in [1.29, 1.82) is 0 Å². The van der Waals surface area contributed by atoms with Gasteiger partial charge in [0.15, 0.2) is 0 Å². The van der Waals surface area contributed by atoms with Crippen molar-refractivity contribution in [2.45, 2.75) is 47.0 Å². The molecule has 0 unspecified atom stereocenters. The Morgan fingerprint density at radius 3 is 2.52 bits per heavy atom. The molecule has 0 radical (unpaired) electrons. The van der Waals surface area contributed by atoms with Gasteiger partial charge >= 0.3 is 0 Å². The molecular weight excluding hydrogens is 341 g/mol. The molecule has 0 heterocycles. The fourth-order valence-corrected chi connectivity index (χ4v) is 3.61. The molecule has 0 bridgehead atoms. The summed E-state index contributed by atoms with van der Waals surface area (Å²) in [4.78, 5) is 13.4. The Bertz CT molecular complexity index is 829. The average Bonchev–Trinajstić information content (AvgIpc) is 2.59. The predicted octanol–water partition coefficient (Wildman–Crippen LogP) is 5.88. The first-order valence-electron chi connectivity index (χ1n) is 9.34. The van der Waals surface area contributed by atoms with Gasteiger partial charge in [-0.05, 0) is 67.9 Å². The van der Waals surface area contributed by atoms with E-state index in [0.717, 1.165) is 12.8 Å². The number of phenolic OH excluding ortho intramolecular Hbond substituents is 1. The maximum Gasteiger partial charge on any atom is 0.253 e. The van der Waals surface area contributed by atoms with Gasteiger partial charge in [-0.1, -0.05) is 31.6 Å². The molecule has 1 aromatic carbocycles. The lowest BCUT2D eigenvalue weighted by molar-refractivity contribution is 0.0827. The smallest absolute Gasteiger partial charge is 0.253 e. The van der Waals surface area contributed by atoms with Crippen molar-refractivity contribution in [3.8, 4) is 5.75 Å². The molecule has 0 aromatic heterocycles. The Balaban J connectivity index is 2.34. The zero-order valence-electron chi connectivity index (χ0n) is 17.2. The summed E-state index contributed by atoms with van der Waals surface area (Å²) in [7, 11) is 3.26. The van der Waals surface area contributed by atoms with Crippen LogP contribution in [-0.2, 0) is 0 Å². The molecule has 0 fully saturated rings. The summed E-state index contributed by atoms with van der Waals surface area (Å²) in [5.74, 6) is -0.958. The number of halogens is 1. The van der Waals surface area contributed by atoms with E-state index in [1.165, 1.54) is 40.7 Å². The second kappa shape index (κ2) is 8.12. The van der Waals surface area contributed by atoms with Crippen LogP contribution in [0.4, 0.5) is 4.39 Å². The molecule has 1 aromatic rings. The van der Waals surface area contributed by atoms with Crippen LogP contribution in [0.25, 0.3) is 5.83 Å². The fraction of sp³-hybridized carbons (Fsp3) is 0.435. The van der Waals surface area contributed by atoms with Crippen LogP contribution in [0, 0.1) is 5.41 Å². The number of carbonyl (C=O) groups excluding carboxylic acids is 1. The molecule has 1 amide bonds. The van der Waals surface area contributed by atoms with Gasteiger partial charge in [-0.25, -0.2) is 4.39 Å². The molecule has 27 heavy (non-hydrogen) atoms. The normalized spacial score (nSPS) is 17.9. The molecule has 1 N–H and O–H groups in total. The van der Waals surface area contributed by atoms with Crippen LogP contribution in [0.5, 0.6) is 5.75 Å². The third-order valence-corrected chi connectivity index (χ3v) is 5.28. The van der Waals surface area contributed by atoms with E-state index in [-0.39, 0.29) is 22.6 Å². The topological polar surface area (TPSA) is 40.5 Å². The summed E-state index contributed by atoms with van der Waals surface area (Å²) in [5.41, 5.74) is 3.57. The Morgan fingerprint density at radius 2 is 1.96 bits per heavy atom. The second-order valence-corrected chi connectivity index (χ2v) is 8.19. The number of hydrogen-bond donors (Lipinski definition) is 1. The van der Waals surface area contributed by atoms with E-state index in [1.807, 2.05) is 6.08 Å². The van der Waals surface area contributed by atoms with Crippen LogP contribution < -0.4 is 0 Å². The first-order chi connectivity index (χ1) is 12.5. The van der Waals surface area contributed by atoms with Gasteiger partial charge in [0.2, 0.25) is 0 Å². The molecule has 1 aliphatic carbocycles. The summed E-state index contributed by atoms with van der Waals surface area (Å²) in [6.07, 6.45) is 7.17. The SMILES string of the molecule is CC1=C(/C=C/C(C)=C(\F)c2ccc(C(=O)N(C)C)cc2O)C(C)(C)CCC1. The molecule has 4 heteroatoms. The third kappa shape index (κ3) is 4.68. The highest BCUT2D eigenvalue weighted by molar-refractivity contribution is 5.94. The van der Waals surface area contributed by atoms with Crippen LogP contribution >= 0.6 is 0 Å². The van der Waals surface area contributed by atoms with Crippen molar-refractivity contribution in [3.63, 3.8) is 0 Å². The number of rotatable bonds is 4. The Morgan fingerprint density at radius 1 is 1.30 bits per heavy atom. The number of aromatic hydroxyl groups is 1. The van der Waals surface area contributed by atoms with Crippen LogP contribution in [-0.4, -0.2) is 30.0 Å². The molecule has 146 valence electrons. The monoisotopic (exact) mass is 371 g/mol. The first kappa shape index (κ1) is 20.9. The van der Waals surface area contributed by atoms with Crippen molar-refractivity contribution in [2.75, 3.05) is 14.1 Å². The van der Waals surface area contributed by atoms with E-state index in [2.05, 4.69) is 20.8 Å². The summed E-state index contributed by atoms with van der Waals surface area (Å²) in [6.45, 7) is 8.27. The van der Waals surface area contributed by atoms with Crippen molar-refractivity contribution < 1.29 is 14.3 Å². The quantitative estimate of drug-likeness (QED) is 0.672. The molecule has 3 nitrogen and oxygen atoms in total. The third-order valence-electron chi connectivity index (χ3n) is 5.28. The minimum Gasteiger partial charge on any atom is -0.507 e. The van der Waals surface area contributed by atoms with E-state index < -0.39 is 5.83 Å². The molecule has 1 aliphatic rings. The van der Waals surface area contributed by atoms with Gasteiger partial charge in [0, 0.05) is 19.7 Å². The lowest BCUT2D eigenvalue weighted by Gasteiger charge is -2.33. The van der Waals surface area contributed by atoms with Gasteiger partial charge < -0.3 is 10.0 Å². The van der Waals surface area contributed by atoms with Crippen molar-refractivity contribution >= 4 is 11.7 Å². The van der Waals surface area contributed by atoms with E-state index in [4.69, 9.17) is 0 Å². The van der Waals surface area contributed by atoms with Gasteiger partial charge in [-0.15, -0.1) is 0 Å². The van der Waals surface area contributed by atoms with Crippen LogP contribution in [0.1, 0.15) is 62.9 Å². The average molecular weight is 371 g/mol. The number of phenols is 1. The molecular formula is C23H30FNO2. The number of amides is 1. The van der Waals surface area contributed by atoms with Crippen LogP contribution in [0.2, 0.25) is 0 Å². The minimum absolute atomic E-state index is 0.0892. The lowest BCUT2D eigenvalue weighted by atomic mass is 9.72. The summed E-state index contributed by atoms with van der Waals surface area (Å²) in [5, 5.41) is 10.2. The zero-order chi connectivity index (χ0) is 20.4. The number of benzene rings is 1. The van der Waals surface area contributed by atoms with E-state index >= 15 is 0 Å². The van der Waals surface area contributed by atoms with Gasteiger partial charge in [-0.3, -0.25) is 4.79 Å². The fourth-order valence-electron chi connectivity index (χ4n) is 3.61. The maximum absolute atomic E-state index is 14.9. The Kier molecular flexibility index (Phi) is 6.30. The highest BCUT2D eigenvalue weighted by Gasteiger charge is 2.26. The molecule has 0 saturated heterocycles. The van der Waals surface area contributed by atoms with Crippen molar-refractivity contribution in [3.05, 3.63) is 58.2 Å². The van der Waals surface area contributed by atoms with E-state index in [0.29, 0.717) is 11.1 Å². The number of nitrogens with zero attached hydrogens (tertiary/aromatic N) is 1. The van der Waals surface area contributed by atoms with Crippen LogP contribution in [0.15, 0.2) is 47.1 Å². The van der Waals surface area contributed by atoms with Gasteiger partial charge in [-0.2, -0.15) is 0 Å². The number of carbonyl (C=O) groups is 1. The summed E-state index contributed by atoms with van der Waals surface area (Å²) in [6, 6.07) is 4.30. The number of allylic oxidation sites excluding steroid dienone is 5. The number of hydrogen-bond acceptors (Lipinski definition) is 2. The molecule has 0 saturated carbocycles. The minimum atomic E-state index is -0.487. The molecule has 2 rings (SSSR count). The lowest BCUT2D eigenvalue weighted by Crippen LogP contribution is -2.21. The predicted molar refractivity (Wildman–Crippen MR) is 109 cm³/mol. The van der Waals surface area contributed by atoms with E-state index in [1.54, 1.807) is 27.1 Å². The first-order valence-corrected chi connectivity index (χ1v) is 9.34. The largest absolute Gasteiger partial charge is 0.507 e. The summed E-state index contributed by atoms with van der Waals surface area (Å²) < 4.78 is 14.9. The second-order valence-electron chi connectivity index (χ2n) is 8.19. The standard InChI is InChI=1S/C23H30FNO2/c1-15-8-7-13-23(3,4)19(15)12-9-16(2)21(24)18-11-10-17(14-20(18)26)22(27)25(5)6/h9-12,14,26H,7-8,13H2,1-6H3/b12-9+,21-16-. The van der Waals surface area contributed by atoms with Gasteiger partial charge in [0.25, 0.3) is 5.91 Å². The molecule has 0 spiro atoms. The van der Waals surface area contributed by atoms with Crippen molar-refractivity contribution in [1.82, 2.24) is 4.90 Å². The highest BCUT2D eigenvalue weighted by atomic mass is 19.1. The van der Waals surface area contributed by atoms with Gasteiger partial charge in [0.1, 0.15) is 11.6 Å². The van der Waals surface area contributed by atoms with Crippen molar-refractivity contribution in [2.24, 2.45) is 5.41 Å². The highest BCUT2D eigenvalue weighted by Crippen LogP contribution is 2.41. The Labute approximate surface area is 161 Å². The summed E-state index contributed by atoms with van der Waals surface area (Å²) >= 11 is 0. The zero-order valence-corrected chi connectivity index (χ0v) is 17.2. The van der Waals surface area contributed by atoms with Gasteiger partial charge in [0.05, 0.1) is 5.56 Å². The van der Waals surface area contributed by atoms with E-state index in [9.17, 15) is 14.3 Å².